The van der Waals surface area contributed by atoms with Gasteiger partial charge in [0.1, 0.15) is 0 Å². The molecule has 1 amide bonds. The normalized spacial score (nSPS) is 16.9. The second kappa shape index (κ2) is 7.22. The van der Waals surface area contributed by atoms with Crippen molar-refractivity contribution in [3.05, 3.63) is 36.2 Å². The molecule has 0 saturated carbocycles. The number of ether oxygens (including phenoxy) is 1. The van der Waals surface area contributed by atoms with E-state index >= 15 is 0 Å². The van der Waals surface area contributed by atoms with Gasteiger partial charge in [0, 0.05) is 25.3 Å². The fourth-order valence-electron chi connectivity index (χ4n) is 2.58. The van der Waals surface area contributed by atoms with Crippen molar-refractivity contribution >= 4 is 17.6 Å². The second-order valence-corrected chi connectivity index (χ2v) is 5.72. The zero-order chi connectivity index (χ0) is 16.9. The largest absolute Gasteiger partial charge is 0.476 e. The van der Waals surface area contributed by atoms with Crippen molar-refractivity contribution in [1.82, 2.24) is 15.0 Å². The summed E-state index contributed by atoms with van der Waals surface area (Å²) in [5.74, 6) is -0.725. The molecule has 126 valence electrons. The lowest BCUT2D eigenvalue weighted by Gasteiger charge is -2.09. The smallest absolute Gasteiger partial charge is 0.358 e. The Hall–Kier alpha value is -2.74. The number of aromatic carboxylic acids is 1. The SMILES string of the molecule is O=C(CCC1CCOC1)Nc1cccc(-n2cc(C(=O)O)nn2)c1. The quantitative estimate of drug-likeness (QED) is 0.835. The van der Waals surface area contributed by atoms with E-state index in [1.165, 1.54) is 10.9 Å². The summed E-state index contributed by atoms with van der Waals surface area (Å²) >= 11 is 0. The average molecular weight is 330 g/mol. The number of amides is 1. The number of carbonyl (C=O) groups is 2. The second-order valence-electron chi connectivity index (χ2n) is 5.72. The highest BCUT2D eigenvalue weighted by molar-refractivity contribution is 5.91. The predicted octanol–water partition coefficient (Wildman–Crippen LogP) is 1.72. The molecule has 2 aromatic rings. The van der Waals surface area contributed by atoms with Crippen LogP contribution in [0.3, 0.4) is 0 Å². The molecule has 3 rings (SSSR count). The van der Waals surface area contributed by atoms with E-state index in [-0.39, 0.29) is 11.6 Å². The lowest BCUT2D eigenvalue weighted by Crippen LogP contribution is -2.13. The molecule has 1 aliphatic rings. The van der Waals surface area contributed by atoms with Crippen molar-refractivity contribution in [2.24, 2.45) is 5.92 Å². The molecule has 2 heterocycles. The maximum absolute atomic E-state index is 12.0. The van der Waals surface area contributed by atoms with Crippen molar-refractivity contribution < 1.29 is 19.4 Å². The lowest BCUT2D eigenvalue weighted by atomic mass is 10.0. The fraction of sp³-hybridized carbons (Fsp3) is 0.375. The Morgan fingerprint density at radius 2 is 2.29 bits per heavy atom. The van der Waals surface area contributed by atoms with Crippen molar-refractivity contribution in [2.45, 2.75) is 19.3 Å². The Morgan fingerprint density at radius 1 is 1.42 bits per heavy atom. The molecule has 1 aliphatic heterocycles. The van der Waals surface area contributed by atoms with Gasteiger partial charge in [-0.15, -0.1) is 5.10 Å². The van der Waals surface area contributed by atoms with E-state index in [1.54, 1.807) is 24.3 Å². The summed E-state index contributed by atoms with van der Waals surface area (Å²) in [6, 6.07) is 7.01. The van der Waals surface area contributed by atoms with Crippen LogP contribution >= 0.6 is 0 Å². The highest BCUT2D eigenvalue weighted by Gasteiger charge is 2.17. The van der Waals surface area contributed by atoms with E-state index in [1.807, 2.05) is 0 Å². The van der Waals surface area contributed by atoms with Crippen LogP contribution in [-0.2, 0) is 9.53 Å². The summed E-state index contributed by atoms with van der Waals surface area (Å²) in [4.78, 5) is 22.9. The van der Waals surface area contributed by atoms with Gasteiger partial charge in [-0.05, 0) is 37.0 Å². The first-order valence-corrected chi connectivity index (χ1v) is 7.75. The first-order chi connectivity index (χ1) is 11.6. The highest BCUT2D eigenvalue weighted by Crippen LogP contribution is 2.19. The summed E-state index contributed by atoms with van der Waals surface area (Å²) in [6.07, 6.45) is 3.60. The number of nitrogens with zero attached hydrogens (tertiary/aromatic N) is 3. The van der Waals surface area contributed by atoms with Gasteiger partial charge in [0.05, 0.1) is 11.9 Å². The number of carboxylic acid groups (broad SMARTS) is 1. The van der Waals surface area contributed by atoms with Crippen molar-refractivity contribution in [1.29, 1.82) is 0 Å². The Bertz CT molecular complexity index is 737. The summed E-state index contributed by atoms with van der Waals surface area (Å²) < 4.78 is 6.66. The van der Waals surface area contributed by atoms with Crippen molar-refractivity contribution in [3.63, 3.8) is 0 Å². The minimum Gasteiger partial charge on any atom is -0.476 e. The zero-order valence-corrected chi connectivity index (χ0v) is 13.0. The minimum absolute atomic E-state index is 0.0520. The molecule has 2 N–H and O–H groups in total. The highest BCUT2D eigenvalue weighted by atomic mass is 16.5. The summed E-state index contributed by atoms with van der Waals surface area (Å²) in [6.45, 7) is 1.52. The van der Waals surface area contributed by atoms with E-state index < -0.39 is 5.97 Å². The summed E-state index contributed by atoms with van der Waals surface area (Å²) in [5.41, 5.74) is 1.12. The summed E-state index contributed by atoms with van der Waals surface area (Å²) in [5, 5.41) is 19.1. The Morgan fingerprint density at radius 3 is 3.00 bits per heavy atom. The molecule has 8 heteroatoms. The Balaban J connectivity index is 1.61. The van der Waals surface area contributed by atoms with Gasteiger partial charge in [0.2, 0.25) is 5.91 Å². The molecular formula is C16H18N4O4. The van der Waals surface area contributed by atoms with Gasteiger partial charge in [-0.3, -0.25) is 4.79 Å². The summed E-state index contributed by atoms with van der Waals surface area (Å²) in [7, 11) is 0. The standard InChI is InChI=1S/C16H18N4O4/c21-15(5-4-11-6-7-24-10-11)17-12-2-1-3-13(8-12)20-9-14(16(22)23)18-19-20/h1-3,8-9,11H,4-7,10H2,(H,17,21)(H,22,23). The molecule has 0 bridgehead atoms. The molecule has 1 saturated heterocycles. The number of anilines is 1. The first-order valence-electron chi connectivity index (χ1n) is 7.75. The average Bonchev–Trinajstić information content (AvgIpc) is 3.25. The van der Waals surface area contributed by atoms with E-state index in [4.69, 9.17) is 9.84 Å². The number of rotatable bonds is 6. The topological polar surface area (TPSA) is 106 Å². The number of benzene rings is 1. The van der Waals surface area contributed by atoms with Crippen LogP contribution < -0.4 is 5.32 Å². The monoisotopic (exact) mass is 330 g/mol. The van der Waals surface area contributed by atoms with Crippen LogP contribution in [-0.4, -0.2) is 45.2 Å². The first kappa shape index (κ1) is 16.1. The van der Waals surface area contributed by atoms with Gasteiger partial charge in [-0.2, -0.15) is 0 Å². The van der Waals surface area contributed by atoms with Crippen LogP contribution in [0.5, 0.6) is 0 Å². The van der Waals surface area contributed by atoms with E-state index in [0.717, 1.165) is 26.1 Å². The van der Waals surface area contributed by atoms with Crippen LogP contribution in [0.4, 0.5) is 5.69 Å². The molecule has 0 radical (unpaired) electrons. The zero-order valence-electron chi connectivity index (χ0n) is 13.0. The fourth-order valence-corrected chi connectivity index (χ4v) is 2.58. The van der Waals surface area contributed by atoms with Crippen molar-refractivity contribution in [2.75, 3.05) is 18.5 Å². The van der Waals surface area contributed by atoms with Gasteiger partial charge in [0.15, 0.2) is 5.69 Å². The molecule has 0 spiro atoms. The van der Waals surface area contributed by atoms with Crippen LogP contribution in [0.2, 0.25) is 0 Å². The van der Waals surface area contributed by atoms with Gasteiger partial charge in [-0.1, -0.05) is 11.3 Å². The number of aromatic nitrogens is 3. The third kappa shape index (κ3) is 3.96. The molecule has 0 aliphatic carbocycles. The van der Waals surface area contributed by atoms with Gasteiger partial charge in [-0.25, -0.2) is 9.48 Å². The Labute approximate surface area is 138 Å². The molecule has 24 heavy (non-hydrogen) atoms. The van der Waals surface area contributed by atoms with Crippen LogP contribution in [0.15, 0.2) is 30.5 Å². The third-order valence-corrected chi connectivity index (χ3v) is 3.91. The molecule has 1 aromatic carbocycles. The predicted molar refractivity (Wildman–Crippen MR) is 85.1 cm³/mol. The van der Waals surface area contributed by atoms with Gasteiger partial charge >= 0.3 is 5.97 Å². The third-order valence-electron chi connectivity index (χ3n) is 3.91. The van der Waals surface area contributed by atoms with Gasteiger partial charge in [0.25, 0.3) is 0 Å². The lowest BCUT2D eigenvalue weighted by molar-refractivity contribution is -0.116. The number of carbonyl (C=O) groups excluding carboxylic acids is 1. The molecule has 8 nitrogen and oxygen atoms in total. The van der Waals surface area contributed by atoms with E-state index in [9.17, 15) is 9.59 Å². The van der Waals surface area contributed by atoms with E-state index in [0.29, 0.717) is 23.7 Å². The van der Waals surface area contributed by atoms with Gasteiger partial charge < -0.3 is 15.2 Å². The molecule has 1 unspecified atom stereocenters. The van der Waals surface area contributed by atoms with Crippen molar-refractivity contribution in [3.8, 4) is 5.69 Å². The minimum atomic E-state index is -1.14. The maximum Gasteiger partial charge on any atom is 0.358 e. The van der Waals surface area contributed by atoms with Crippen LogP contribution in [0.1, 0.15) is 29.8 Å². The maximum atomic E-state index is 12.0. The number of hydrogen-bond acceptors (Lipinski definition) is 5. The number of nitrogens with one attached hydrogen (secondary N) is 1. The molecular weight excluding hydrogens is 312 g/mol. The van der Waals surface area contributed by atoms with E-state index in [2.05, 4.69) is 15.6 Å². The Kier molecular flexibility index (Phi) is 4.85. The van der Waals surface area contributed by atoms with Crippen LogP contribution in [0, 0.1) is 5.92 Å². The number of carboxylic acids is 1. The number of hydrogen-bond donors (Lipinski definition) is 2. The van der Waals surface area contributed by atoms with Crippen LogP contribution in [0.25, 0.3) is 5.69 Å². The molecule has 1 atom stereocenters. The molecule has 1 fully saturated rings. The molecule has 1 aromatic heterocycles.